The Hall–Kier alpha value is -3.05. The third kappa shape index (κ3) is 2.70. The van der Waals surface area contributed by atoms with E-state index in [0.29, 0.717) is 12.1 Å². The molecule has 3 aromatic carbocycles. The maximum Gasteiger partial charge on any atom is 0.278 e. The van der Waals surface area contributed by atoms with Crippen molar-refractivity contribution in [1.82, 2.24) is 14.5 Å². The van der Waals surface area contributed by atoms with Crippen molar-refractivity contribution in [2.45, 2.75) is 24.4 Å². The molecular formula is C23H19N3OS. The summed E-state index contributed by atoms with van der Waals surface area (Å²) < 4.78 is 1.76. The Morgan fingerprint density at radius 3 is 2.57 bits per heavy atom. The first-order chi connectivity index (χ1) is 13.8. The number of aromatic nitrogens is 3. The predicted octanol–water partition coefficient (Wildman–Crippen LogP) is 5.34. The minimum absolute atomic E-state index is 0.0101. The van der Waals surface area contributed by atoms with Crippen molar-refractivity contribution >= 4 is 44.5 Å². The van der Waals surface area contributed by atoms with Gasteiger partial charge in [-0.1, -0.05) is 72.4 Å². The molecule has 28 heavy (non-hydrogen) atoms. The van der Waals surface area contributed by atoms with Crippen LogP contribution in [0.15, 0.2) is 76.7 Å². The van der Waals surface area contributed by atoms with Crippen molar-refractivity contribution in [2.24, 2.45) is 0 Å². The van der Waals surface area contributed by atoms with Crippen LogP contribution in [0.1, 0.15) is 12.5 Å². The van der Waals surface area contributed by atoms with Crippen molar-refractivity contribution in [3.63, 3.8) is 0 Å². The van der Waals surface area contributed by atoms with E-state index in [1.807, 2.05) is 31.2 Å². The molecule has 0 aliphatic heterocycles. The highest BCUT2D eigenvalue weighted by atomic mass is 32.2. The largest absolute Gasteiger partial charge is 0.349 e. The minimum atomic E-state index is -0.0101. The molecule has 0 saturated heterocycles. The van der Waals surface area contributed by atoms with Crippen LogP contribution >= 0.6 is 11.8 Å². The summed E-state index contributed by atoms with van der Waals surface area (Å²) in [5, 5.41) is 4.23. The Kier molecular flexibility index (Phi) is 4.17. The Morgan fingerprint density at radius 1 is 0.964 bits per heavy atom. The highest BCUT2D eigenvalue weighted by molar-refractivity contribution is 7.98. The molecule has 0 radical (unpaired) electrons. The van der Waals surface area contributed by atoms with Gasteiger partial charge in [0.2, 0.25) is 0 Å². The summed E-state index contributed by atoms with van der Waals surface area (Å²) in [6.45, 7) is 2.58. The van der Waals surface area contributed by atoms with Gasteiger partial charge in [-0.3, -0.25) is 9.36 Å². The second-order valence-electron chi connectivity index (χ2n) is 6.76. The van der Waals surface area contributed by atoms with Crippen LogP contribution in [0.25, 0.3) is 32.7 Å². The summed E-state index contributed by atoms with van der Waals surface area (Å²) >= 11 is 1.62. The van der Waals surface area contributed by atoms with Crippen LogP contribution < -0.4 is 5.56 Å². The van der Waals surface area contributed by atoms with Gasteiger partial charge in [0.25, 0.3) is 5.56 Å². The van der Waals surface area contributed by atoms with Gasteiger partial charge in [0, 0.05) is 23.2 Å². The second kappa shape index (κ2) is 6.84. The Bertz CT molecular complexity index is 1380. The number of H-pyrrole nitrogens is 1. The first-order valence-electron chi connectivity index (χ1n) is 9.37. The van der Waals surface area contributed by atoms with Crippen LogP contribution in [0.3, 0.4) is 0 Å². The maximum absolute atomic E-state index is 13.1. The van der Waals surface area contributed by atoms with E-state index < -0.39 is 0 Å². The van der Waals surface area contributed by atoms with E-state index in [1.165, 1.54) is 16.3 Å². The summed E-state index contributed by atoms with van der Waals surface area (Å²) in [5.41, 5.74) is 3.52. The number of hydrogen-bond donors (Lipinski definition) is 1. The molecule has 0 fully saturated rings. The number of nitrogens with one attached hydrogen (secondary N) is 1. The van der Waals surface area contributed by atoms with Gasteiger partial charge in [-0.25, -0.2) is 4.98 Å². The highest BCUT2D eigenvalue weighted by Gasteiger charge is 2.15. The van der Waals surface area contributed by atoms with E-state index in [9.17, 15) is 4.79 Å². The van der Waals surface area contributed by atoms with Crippen molar-refractivity contribution < 1.29 is 0 Å². The smallest absolute Gasteiger partial charge is 0.278 e. The van der Waals surface area contributed by atoms with Gasteiger partial charge < -0.3 is 4.98 Å². The van der Waals surface area contributed by atoms with Gasteiger partial charge in [0.15, 0.2) is 5.16 Å². The fraction of sp³-hybridized carbons (Fsp3) is 0.130. The Morgan fingerprint density at radius 2 is 1.71 bits per heavy atom. The highest BCUT2D eigenvalue weighted by Crippen LogP contribution is 2.28. The molecule has 0 amide bonds. The zero-order chi connectivity index (χ0) is 19.1. The summed E-state index contributed by atoms with van der Waals surface area (Å²) in [4.78, 5) is 21.2. The lowest BCUT2D eigenvalue weighted by molar-refractivity contribution is 0.634. The molecule has 138 valence electrons. The molecule has 4 nitrogen and oxygen atoms in total. The molecule has 0 aliphatic rings. The number of benzene rings is 3. The fourth-order valence-electron chi connectivity index (χ4n) is 3.73. The lowest BCUT2D eigenvalue weighted by Crippen LogP contribution is -2.22. The average Bonchev–Trinajstić information content (AvgIpc) is 3.11. The standard InChI is InChI=1S/C23H19N3OS/c1-2-26-22(27)21-20(18-12-5-6-13-19(18)24-21)25-23(26)28-14-16-10-7-9-15-8-3-4-11-17(15)16/h3-13,24H,2,14H2,1H3. The second-order valence-corrected chi connectivity index (χ2v) is 7.71. The molecule has 5 aromatic rings. The summed E-state index contributed by atoms with van der Waals surface area (Å²) in [6.07, 6.45) is 0. The fourth-order valence-corrected chi connectivity index (χ4v) is 4.79. The van der Waals surface area contributed by atoms with Crippen LogP contribution in [0.4, 0.5) is 0 Å². The number of para-hydroxylation sites is 1. The summed E-state index contributed by atoms with van der Waals surface area (Å²) in [5.74, 6) is 0.766. The lowest BCUT2D eigenvalue weighted by atomic mass is 10.1. The topological polar surface area (TPSA) is 50.7 Å². The number of nitrogens with zero attached hydrogens (tertiary/aromatic N) is 2. The van der Waals surface area contributed by atoms with E-state index in [4.69, 9.17) is 4.98 Å². The average molecular weight is 385 g/mol. The van der Waals surface area contributed by atoms with Crippen molar-refractivity contribution in [3.8, 4) is 0 Å². The molecule has 0 bridgehead atoms. The summed E-state index contributed by atoms with van der Waals surface area (Å²) in [7, 11) is 0. The van der Waals surface area contributed by atoms with Crippen molar-refractivity contribution in [2.75, 3.05) is 0 Å². The normalized spacial score (nSPS) is 11.6. The number of thioether (sulfide) groups is 1. The molecular weight excluding hydrogens is 366 g/mol. The number of hydrogen-bond acceptors (Lipinski definition) is 3. The quantitative estimate of drug-likeness (QED) is 0.335. The third-order valence-corrected chi connectivity index (χ3v) is 6.15. The Balaban J connectivity index is 1.62. The molecule has 0 atom stereocenters. The minimum Gasteiger partial charge on any atom is -0.349 e. The number of fused-ring (bicyclic) bond motifs is 4. The lowest BCUT2D eigenvalue weighted by Gasteiger charge is -2.11. The molecule has 5 heteroatoms. The van der Waals surface area contributed by atoms with Gasteiger partial charge in [0.1, 0.15) is 11.0 Å². The van der Waals surface area contributed by atoms with Gasteiger partial charge in [0.05, 0.1) is 0 Å². The van der Waals surface area contributed by atoms with Crippen LogP contribution in [-0.4, -0.2) is 14.5 Å². The van der Waals surface area contributed by atoms with E-state index in [1.54, 1.807) is 16.3 Å². The van der Waals surface area contributed by atoms with Gasteiger partial charge in [-0.15, -0.1) is 0 Å². The van der Waals surface area contributed by atoms with Crippen molar-refractivity contribution in [3.05, 3.63) is 82.6 Å². The monoisotopic (exact) mass is 385 g/mol. The molecule has 5 rings (SSSR count). The van der Waals surface area contributed by atoms with Gasteiger partial charge >= 0.3 is 0 Å². The maximum atomic E-state index is 13.1. The molecule has 0 unspecified atom stereocenters. The van der Waals surface area contributed by atoms with Crippen LogP contribution in [0.2, 0.25) is 0 Å². The predicted molar refractivity (Wildman–Crippen MR) is 117 cm³/mol. The SMILES string of the molecule is CCn1c(SCc2cccc3ccccc23)nc2c([nH]c3ccccc32)c1=O. The van der Waals surface area contributed by atoms with E-state index in [0.717, 1.165) is 27.3 Å². The van der Waals surface area contributed by atoms with Gasteiger partial charge in [-0.2, -0.15) is 0 Å². The van der Waals surface area contributed by atoms with Gasteiger partial charge in [-0.05, 0) is 29.3 Å². The van der Waals surface area contributed by atoms with Crippen LogP contribution in [0.5, 0.6) is 0 Å². The van der Waals surface area contributed by atoms with E-state index in [-0.39, 0.29) is 5.56 Å². The number of rotatable bonds is 4. The third-order valence-electron chi connectivity index (χ3n) is 5.13. The molecule has 0 saturated carbocycles. The first kappa shape index (κ1) is 17.1. The first-order valence-corrected chi connectivity index (χ1v) is 10.4. The van der Waals surface area contributed by atoms with E-state index >= 15 is 0 Å². The molecule has 2 heterocycles. The molecule has 0 aliphatic carbocycles. The zero-order valence-corrected chi connectivity index (χ0v) is 16.3. The molecule has 0 spiro atoms. The molecule has 1 N–H and O–H groups in total. The molecule has 2 aromatic heterocycles. The van der Waals surface area contributed by atoms with E-state index in [2.05, 4.69) is 47.4 Å². The Labute approximate surface area is 166 Å². The van der Waals surface area contributed by atoms with Crippen molar-refractivity contribution in [1.29, 1.82) is 0 Å². The zero-order valence-electron chi connectivity index (χ0n) is 15.5. The summed E-state index contributed by atoms with van der Waals surface area (Å²) in [6, 6.07) is 22.7. The van der Waals surface area contributed by atoms with Crippen LogP contribution in [0, 0.1) is 0 Å². The number of aromatic amines is 1. The van der Waals surface area contributed by atoms with Crippen LogP contribution in [-0.2, 0) is 12.3 Å².